The van der Waals surface area contributed by atoms with E-state index in [1.165, 1.54) is 0 Å². The van der Waals surface area contributed by atoms with Crippen molar-refractivity contribution in [3.63, 3.8) is 0 Å². The highest BCUT2D eigenvalue weighted by Gasteiger charge is 2.14. The number of amides is 2. The van der Waals surface area contributed by atoms with Crippen molar-refractivity contribution in [1.82, 2.24) is 25.8 Å². The van der Waals surface area contributed by atoms with Crippen LogP contribution >= 0.6 is 0 Å². The Morgan fingerprint density at radius 2 is 2.11 bits per heavy atom. The minimum Gasteiger partial charge on any atom is -0.383 e. The van der Waals surface area contributed by atoms with Gasteiger partial charge in [0.1, 0.15) is 5.82 Å². The van der Waals surface area contributed by atoms with E-state index in [9.17, 15) is 9.59 Å². The van der Waals surface area contributed by atoms with Crippen LogP contribution < -0.4 is 10.6 Å². The van der Waals surface area contributed by atoms with Gasteiger partial charge in [-0.05, 0) is 0 Å². The van der Waals surface area contributed by atoms with Gasteiger partial charge < -0.3 is 15.4 Å². The van der Waals surface area contributed by atoms with Gasteiger partial charge in [0.2, 0.25) is 11.7 Å². The first-order chi connectivity index (χ1) is 9.04. The molecule has 0 aliphatic rings. The first-order valence-electron chi connectivity index (χ1n) is 6.00. The van der Waals surface area contributed by atoms with E-state index < -0.39 is 5.91 Å². The van der Waals surface area contributed by atoms with E-state index in [2.05, 4.69) is 25.8 Å². The molecule has 0 atom stereocenters. The Morgan fingerprint density at radius 1 is 1.37 bits per heavy atom. The lowest BCUT2D eigenvalue weighted by atomic mass is 10.2. The van der Waals surface area contributed by atoms with Crippen molar-refractivity contribution in [3.05, 3.63) is 11.6 Å². The number of hydrogen-bond donors (Lipinski definition) is 3. The van der Waals surface area contributed by atoms with Crippen LogP contribution in [-0.2, 0) is 9.53 Å². The van der Waals surface area contributed by atoms with Crippen LogP contribution in [0.2, 0.25) is 0 Å². The summed E-state index contributed by atoms with van der Waals surface area (Å²) in [6, 6.07) is 0. The van der Waals surface area contributed by atoms with Crippen LogP contribution in [0.25, 0.3) is 0 Å². The second kappa shape index (κ2) is 7.47. The molecule has 2 amide bonds. The zero-order valence-corrected chi connectivity index (χ0v) is 11.3. The maximum Gasteiger partial charge on any atom is 0.291 e. The Bertz CT molecular complexity index is 430. The molecule has 8 heteroatoms. The minimum atomic E-state index is -0.481. The smallest absolute Gasteiger partial charge is 0.291 e. The molecule has 0 radical (unpaired) electrons. The molecule has 3 N–H and O–H groups in total. The Balaban J connectivity index is 2.36. The number of ether oxygens (including phenoxy) is 1. The quantitative estimate of drug-likeness (QED) is 0.574. The van der Waals surface area contributed by atoms with Crippen molar-refractivity contribution in [1.29, 1.82) is 0 Å². The van der Waals surface area contributed by atoms with Crippen molar-refractivity contribution in [2.24, 2.45) is 0 Å². The van der Waals surface area contributed by atoms with E-state index in [1.54, 1.807) is 7.11 Å². The Hall–Kier alpha value is -1.96. The number of nitrogens with one attached hydrogen (secondary N) is 3. The van der Waals surface area contributed by atoms with Crippen LogP contribution in [-0.4, -0.2) is 53.8 Å². The molecule has 1 aromatic heterocycles. The summed E-state index contributed by atoms with van der Waals surface area (Å²) in [5, 5.41) is 11.5. The number of carbonyl (C=O) groups excluding carboxylic acids is 2. The highest BCUT2D eigenvalue weighted by Crippen LogP contribution is 2.07. The molecule has 0 spiro atoms. The highest BCUT2D eigenvalue weighted by atomic mass is 16.5. The zero-order valence-electron chi connectivity index (χ0n) is 11.3. The van der Waals surface area contributed by atoms with Gasteiger partial charge in [0.25, 0.3) is 5.91 Å². The van der Waals surface area contributed by atoms with E-state index in [0.29, 0.717) is 19.0 Å². The predicted octanol–water partition coefficient (Wildman–Crippen LogP) is -0.579. The van der Waals surface area contributed by atoms with Gasteiger partial charge in [-0.1, -0.05) is 13.8 Å². The molecule has 0 fully saturated rings. The number of carbonyl (C=O) groups is 2. The second-order valence-corrected chi connectivity index (χ2v) is 4.22. The van der Waals surface area contributed by atoms with E-state index in [0.717, 1.165) is 0 Å². The lowest BCUT2D eigenvalue weighted by Gasteiger charge is -2.04. The monoisotopic (exact) mass is 269 g/mol. The van der Waals surface area contributed by atoms with Gasteiger partial charge in [-0.3, -0.25) is 14.7 Å². The zero-order chi connectivity index (χ0) is 14.3. The van der Waals surface area contributed by atoms with Gasteiger partial charge in [0.05, 0.1) is 13.2 Å². The summed E-state index contributed by atoms with van der Waals surface area (Å²) in [6.07, 6.45) is 0. The average Bonchev–Trinajstić information content (AvgIpc) is 2.86. The molecule has 1 heterocycles. The fraction of sp³-hybridized carbons (Fsp3) is 0.636. The molecule has 0 bridgehead atoms. The maximum atomic E-state index is 11.7. The summed E-state index contributed by atoms with van der Waals surface area (Å²) in [5.41, 5.74) is 0. The van der Waals surface area contributed by atoms with Gasteiger partial charge >= 0.3 is 0 Å². The number of aromatic amines is 1. The van der Waals surface area contributed by atoms with Crippen LogP contribution in [0.15, 0.2) is 0 Å². The number of rotatable bonds is 7. The third kappa shape index (κ3) is 5.04. The third-order valence-corrected chi connectivity index (χ3v) is 2.29. The van der Waals surface area contributed by atoms with Crippen molar-refractivity contribution in [2.75, 3.05) is 26.8 Å². The molecule has 0 saturated carbocycles. The maximum absolute atomic E-state index is 11.7. The Kier molecular flexibility index (Phi) is 5.94. The Labute approximate surface area is 111 Å². The second-order valence-electron chi connectivity index (χ2n) is 4.22. The molecule has 0 aliphatic heterocycles. The molecule has 0 aliphatic carbocycles. The van der Waals surface area contributed by atoms with Crippen molar-refractivity contribution in [3.8, 4) is 0 Å². The fourth-order valence-corrected chi connectivity index (χ4v) is 1.23. The van der Waals surface area contributed by atoms with Gasteiger partial charge in [-0.2, -0.15) is 0 Å². The number of H-pyrrole nitrogens is 1. The summed E-state index contributed by atoms with van der Waals surface area (Å²) in [7, 11) is 1.55. The van der Waals surface area contributed by atoms with Crippen LogP contribution in [0.5, 0.6) is 0 Å². The lowest BCUT2D eigenvalue weighted by Crippen LogP contribution is -2.38. The van der Waals surface area contributed by atoms with Crippen LogP contribution in [0, 0.1) is 0 Å². The van der Waals surface area contributed by atoms with Crippen molar-refractivity contribution >= 4 is 11.8 Å². The normalized spacial score (nSPS) is 10.5. The topological polar surface area (TPSA) is 109 Å². The van der Waals surface area contributed by atoms with Gasteiger partial charge in [-0.25, -0.2) is 4.98 Å². The molecule has 0 aromatic carbocycles. The van der Waals surface area contributed by atoms with Crippen LogP contribution in [0.3, 0.4) is 0 Å². The summed E-state index contributed by atoms with van der Waals surface area (Å²) in [6.45, 7) is 4.59. The number of methoxy groups -OCH3 is 1. The molecule has 0 saturated heterocycles. The Morgan fingerprint density at radius 3 is 2.68 bits per heavy atom. The lowest BCUT2D eigenvalue weighted by molar-refractivity contribution is -0.120. The molecule has 8 nitrogen and oxygen atoms in total. The van der Waals surface area contributed by atoms with Gasteiger partial charge in [0.15, 0.2) is 0 Å². The highest BCUT2D eigenvalue weighted by molar-refractivity contribution is 5.93. The fourth-order valence-electron chi connectivity index (χ4n) is 1.23. The standard InChI is InChI=1S/C11H19N5O3/c1-7(2)9-14-10(16-15-9)11(18)13-6-8(17)12-4-5-19-3/h7H,4-6H2,1-3H3,(H,12,17)(H,13,18)(H,14,15,16). The first-order valence-corrected chi connectivity index (χ1v) is 6.00. The van der Waals surface area contributed by atoms with E-state index in [-0.39, 0.29) is 24.2 Å². The van der Waals surface area contributed by atoms with Crippen LogP contribution in [0.1, 0.15) is 36.2 Å². The number of aromatic nitrogens is 3. The third-order valence-electron chi connectivity index (χ3n) is 2.29. The number of hydrogen-bond acceptors (Lipinski definition) is 5. The summed E-state index contributed by atoms with van der Waals surface area (Å²) >= 11 is 0. The summed E-state index contributed by atoms with van der Waals surface area (Å²) in [5.74, 6) is 0.0598. The SMILES string of the molecule is COCCNC(=O)CNC(=O)c1n[nH]c(C(C)C)n1. The largest absolute Gasteiger partial charge is 0.383 e. The number of nitrogens with zero attached hydrogens (tertiary/aromatic N) is 2. The van der Waals surface area contributed by atoms with Gasteiger partial charge in [-0.15, -0.1) is 5.10 Å². The predicted molar refractivity (Wildman–Crippen MR) is 67.7 cm³/mol. The van der Waals surface area contributed by atoms with Crippen molar-refractivity contribution in [2.45, 2.75) is 19.8 Å². The first kappa shape index (κ1) is 15.1. The van der Waals surface area contributed by atoms with E-state index in [1.807, 2.05) is 13.8 Å². The molecule has 0 unspecified atom stereocenters. The average molecular weight is 269 g/mol. The molecule has 1 rings (SSSR count). The molecular weight excluding hydrogens is 250 g/mol. The summed E-state index contributed by atoms with van der Waals surface area (Å²) < 4.78 is 4.79. The molecule has 19 heavy (non-hydrogen) atoms. The van der Waals surface area contributed by atoms with Crippen molar-refractivity contribution < 1.29 is 14.3 Å². The molecular formula is C11H19N5O3. The molecule has 106 valence electrons. The van der Waals surface area contributed by atoms with Gasteiger partial charge in [0, 0.05) is 19.6 Å². The minimum absolute atomic E-state index is 0.0355. The van der Waals surface area contributed by atoms with E-state index >= 15 is 0 Å². The molecule has 1 aromatic rings. The van der Waals surface area contributed by atoms with E-state index in [4.69, 9.17) is 4.74 Å². The van der Waals surface area contributed by atoms with Crippen LogP contribution in [0.4, 0.5) is 0 Å². The summed E-state index contributed by atoms with van der Waals surface area (Å²) in [4.78, 5) is 27.0.